The standard InChI is InChI=1S/C14H18N4O3S/c1-9(2)18-13(19)7-15-14-11-6-10(22(3,20)21)4-5-12(11)16-8-17-14/h4-6,8-9H,7H2,1-3H3,(H,18,19)(H,15,16,17). The third-order valence-electron chi connectivity index (χ3n) is 2.90. The fraction of sp³-hybridized carbons (Fsp3) is 0.357. The Balaban J connectivity index is 2.31. The summed E-state index contributed by atoms with van der Waals surface area (Å²) in [5.74, 6) is 0.260. The quantitative estimate of drug-likeness (QED) is 0.850. The first-order chi connectivity index (χ1) is 10.3. The molecule has 1 heterocycles. The zero-order valence-electron chi connectivity index (χ0n) is 12.6. The van der Waals surface area contributed by atoms with Crippen LogP contribution in [-0.4, -0.2) is 43.1 Å². The molecule has 0 saturated carbocycles. The van der Waals surface area contributed by atoms with Crippen molar-refractivity contribution in [2.45, 2.75) is 24.8 Å². The minimum absolute atomic E-state index is 0.0490. The van der Waals surface area contributed by atoms with Gasteiger partial charge in [-0.05, 0) is 32.0 Å². The van der Waals surface area contributed by atoms with Gasteiger partial charge in [0, 0.05) is 17.7 Å². The molecule has 8 heteroatoms. The lowest BCUT2D eigenvalue weighted by atomic mass is 10.2. The Bertz CT molecular complexity index is 803. The first-order valence-corrected chi connectivity index (χ1v) is 8.64. The zero-order chi connectivity index (χ0) is 16.3. The van der Waals surface area contributed by atoms with Crippen molar-refractivity contribution in [3.63, 3.8) is 0 Å². The summed E-state index contributed by atoms with van der Waals surface area (Å²) >= 11 is 0. The maximum atomic E-state index is 11.7. The number of hydrogen-bond donors (Lipinski definition) is 2. The van der Waals surface area contributed by atoms with Gasteiger partial charge in [0.25, 0.3) is 0 Å². The molecule has 2 N–H and O–H groups in total. The van der Waals surface area contributed by atoms with E-state index in [1.807, 2.05) is 13.8 Å². The van der Waals surface area contributed by atoms with Gasteiger partial charge in [0.1, 0.15) is 12.1 Å². The number of sulfone groups is 1. The summed E-state index contributed by atoms with van der Waals surface area (Å²) < 4.78 is 23.3. The maximum absolute atomic E-state index is 11.7. The van der Waals surface area contributed by atoms with Gasteiger partial charge >= 0.3 is 0 Å². The van der Waals surface area contributed by atoms with Crippen molar-refractivity contribution in [1.82, 2.24) is 15.3 Å². The van der Waals surface area contributed by atoms with Crippen LogP contribution in [0.5, 0.6) is 0 Å². The van der Waals surface area contributed by atoms with E-state index in [4.69, 9.17) is 0 Å². The molecule has 0 spiro atoms. The van der Waals surface area contributed by atoms with Gasteiger partial charge in [-0.25, -0.2) is 18.4 Å². The van der Waals surface area contributed by atoms with Gasteiger partial charge in [-0.2, -0.15) is 0 Å². The summed E-state index contributed by atoms with van der Waals surface area (Å²) in [4.78, 5) is 20.0. The summed E-state index contributed by atoms with van der Waals surface area (Å²) in [7, 11) is -3.32. The van der Waals surface area contributed by atoms with Crippen molar-refractivity contribution in [2.75, 3.05) is 18.1 Å². The second kappa shape index (κ2) is 6.27. The van der Waals surface area contributed by atoms with Gasteiger partial charge in [-0.15, -0.1) is 0 Å². The topological polar surface area (TPSA) is 101 Å². The number of aromatic nitrogens is 2. The zero-order valence-corrected chi connectivity index (χ0v) is 13.4. The molecular weight excluding hydrogens is 304 g/mol. The van der Waals surface area contributed by atoms with E-state index in [9.17, 15) is 13.2 Å². The van der Waals surface area contributed by atoms with Crippen molar-refractivity contribution < 1.29 is 13.2 Å². The normalized spacial score (nSPS) is 11.6. The molecule has 2 aromatic rings. The predicted molar refractivity (Wildman–Crippen MR) is 84.4 cm³/mol. The Morgan fingerprint density at radius 1 is 1.27 bits per heavy atom. The van der Waals surface area contributed by atoms with Crippen molar-refractivity contribution in [1.29, 1.82) is 0 Å². The van der Waals surface area contributed by atoms with E-state index >= 15 is 0 Å². The molecule has 0 saturated heterocycles. The second-order valence-corrected chi connectivity index (χ2v) is 7.26. The molecular formula is C14H18N4O3S. The number of carbonyl (C=O) groups is 1. The van der Waals surface area contributed by atoms with E-state index in [0.29, 0.717) is 16.7 Å². The largest absolute Gasteiger partial charge is 0.360 e. The minimum atomic E-state index is -3.32. The third kappa shape index (κ3) is 3.91. The molecule has 0 aliphatic carbocycles. The average Bonchev–Trinajstić information content (AvgIpc) is 2.42. The summed E-state index contributed by atoms with van der Waals surface area (Å²) in [6.07, 6.45) is 2.51. The summed E-state index contributed by atoms with van der Waals surface area (Å²) in [6.45, 7) is 3.79. The molecule has 7 nitrogen and oxygen atoms in total. The van der Waals surface area contributed by atoms with E-state index in [1.165, 1.54) is 18.5 Å². The van der Waals surface area contributed by atoms with Crippen molar-refractivity contribution in [3.05, 3.63) is 24.5 Å². The van der Waals surface area contributed by atoms with Gasteiger partial charge in [0.15, 0.2) is 9.84 Å². The van der Waals surface area contributed by atoms with Gasteiger partial charge in [0.2, 0.25) is 5.91 Å². The predicted octanol–water partition coefficient (Wildman–Crippen LogP) is 0.970. The summed E-state index contributed by atoms with van der Waals surface area (Å²) in [6, 6.07) is 4.67. The van der Waals surface area contributed by atoms with Crippen LogP contribution in [0.15, 0.2) is 29.4 Å². The molecule has 1 aromatic carbocycles. The van der Waals surface area contributed by atoms with Crippen LogP contribution in [0.1, 0.15) is 13.8 Å². The Morgan fingerprint density at radius 3 is 2.64 bits per heavy atom. The molecule has 0 aliphatic heterocycles. The number of nitrogens with zero attached hydrogens (tertiary/aromatic N) is 2. The van der Waals surface area contributed by atoms with E-state index < -0.39 is 9.84 Å². The third-order valence-corrected chi connectivity index (χ3v) is 4.01. The highest BCUT2D eigenvalue weighted by Crippen LogP contribution is 2.22. The molecule has 118 valence electrons. The van der Waals surface area contributed by atoms with Gasteiger partial charge < -0.3 is 10.6 Å². The highest BCUT2D eigenvalue weighted by Gasteiger charge is 2.12. The first kappa shape index (κ1) is 16.2. The van der Waals surface area contributed by atoms with E-state index in [0.717, 1.165) is 6.26 Å². The molecule has 0 atom stereocenters. The molecule has 0 unspecified atom stereocenters. The number of nitrogens with one attached hydrogen (secondary N) is 2. The lowest BCUT2D eigenvalue weighted by Crippen LogP contribution is -2.35. The van der Waals surface area contributed by atoms with Crippen LogP contribution in [0.3, 0.4) is 0 Å². The SMILES string of the molecule is CC(C)NC(=O)CNc1ncnc2ccc(S(C)(=O)=O)cc12. The number of benzene rings is 1. The van der Waals surface area contributed by atoms with Crippen LogP contribution in [0.25, 0.3) is 10.9 Å². The molecule has 22 heavy (non-hydrogen) atoms. The lowest BCUT2D eigenvalue weighted by Gasteiger charge is -2.11. The fourth-order valence-corrected chi connectivity index (χ4v) is 2.59. The van der Waals surface area contributed by atoms with E-state index in [2.05, 4.69) is 20.6 Å². The molecule has 0 bridgehead atoms. The van der Waals surface area contributed by atoms with Crippen LogP contribution in [0.4, 0.5) is 5.82 Å². The molecule has 2 rings (SSSR count). The Kier molecular flexibility index (Phi) is 4.60. The van der Waals surface area contributed by atoms with Crippen molar-refractivity contribution >= 4 is 32.5 Å². The Hall–Kier alpha value is -2.22. The number of hydrogen-bond acceptors (Lipinski definition) is 6. The number of amides is 1. The number of carbonyl (C=O) groups excluding carboxylic acids is 1. The lowest BCUT2D eigenvalue weighted by molar-refractivity contribution is -0.119. The van der Waals surface area contributed by atoms with Crippen LogP contribution < -0.4 is 10.6 Å². The monoisotopic (exact) mass is 322 g/mol. The number of rotatable bonds is 5. The van der Waals surface area contributed by atoms with Crippen molar-refractivity contribution in [3.8, 4) is 0 Å². The summed E-state index contributed by atoms with van der Waals surface area (Å²) in [5.41, 5.74) is 0.606. The second-order valence-electron chi connectivity index (χ2n) is 5.25. The summed E-state index contributed by atoms with van der Waals surface area (Å²) in [5, 5.41) is 6.23. The molecule has 0 fully saturated rings. The molecule has 1 aromatic heterocycles. The highest BCUT2D eigenvalue weighted by atomic mass is 32.2. The first-order valence-electron chi connectivity index (χ1n) is 6.75. The van der Waals surface area contributed by atoms with Gasteiger partial charge in [-0.3, -0.25) is 4.79 Å². The maximum Gasteiger partial charge on any atom is 0.239 e. The van der Waals surface area contributed by atoms with Gasteiger partial charge in [-0.1, -0.05) is 0 Å². The van der Waals surface area contributed by atoms with Crippen LogP contribution in [0, 0.1) is 0 Å². The van der Waals surface area contributed by atoms with E-state index in [1.54, 1.807) is 6.07 Å². The van der Waals surface area contributed by atoms with Gasteiger partial charge in [0.05, 0.1) is 17.0 Å². The molecule has 0 aliphatic rings. The number of anilines is 1. The Labute approximate surface area is 129 Å². The minimum Gasteiger partial charge on any atom is -0.360 e. The van der Waals surface area contributed by atoms with Crippen LogP contribution in [0.2, 0.25) is 0 Å². The smallest absolute Gasteiger partial charge is 0.239 e. The Morgan fingerprint density at radius 2 is 2.00 bits per heavy atom. The number of fused-ring (bicyclic) bond motifs is 1. The van der Waals surface area contributed by atoms with Crippen molar-refractivity contribution in [2.24, 2.45) is 0 Å². The van der Waals surface area contributed by atoms with Crippen LogP contribution >= 0.6 is 0 Å². The fourth-order valence-electron chi connectivity index (χ4n) is 1.94. The van der Waals surface area contributed by atoms with E-state index in [-0.39, 0.29) is 23.4 Å². The molecule has 1 amide bonds. The van der Waals surface area contributed by atoms with Crippen LogP contribution in [-0.2, 0) is 14.6 Å². The highest BCUT2D eigenvalue weighted by molar-refractivity contribution is 7.90. The average molecular weight is 322 g/mol. The molecule has 0 radical (unpaired) electrons.